The van der Waals surface area contributed by atoms with Crippen LogP contribution in [0.3, 0.4) is 0 Å². The maximum atomic E-state index is 11.9. The fourth-order valence-electron chi connectivity index (χ4n) is 4.54. The third kappa shape index (κ3) is 4.63. The van der Waals surface area contributed by atoms with Crippen LogP contribution < -0.4 is 20.7 Å². The van der Waals surface area contributed by atoms with E-state index in [1.807, 2.05) is 0 Å². The molecule has 8 nitrogen and oxygen atoms in total. The van der Waals surface area contributed by atoms with Crippen LogP contribution in [0.5, 0.6) is 0 Å². The number of hydrogen-bond acceptors (Lipinski definition) is 4. The monoisotopic (exact) mass is 512 g/mol. The van der Waals surface area contributed by atoms with Gasteiger partial charge in [-0.05, 0) is 69.3 Å². The first-order valence-corrected chi connectivity index (χ1v) is 13.0. The highest BCUT2D eigenvalue weighted by atomic mass is 28.3. The van der Waals surface area contributed by atoms with Crippen molar-refractivity contribution in [2.45, 2.75) is 0 Å². The van der Waals surface area contributed by atoms with E-state index in [9.17, 15) is 39.6 Å². The predicted octanol–water partition coefficient (Wildman–Crippen LogP) is 1.86. The molecule has 0 aliphatic rings. The number of hydrogen-bond donors (Lipinski definition) is 4. The van der Waals surface area contributed by atoms with Crippen molar-refractivity contribution in [1.82, 2.24) is 0 Å². The summed E-state index contributed by atoms with van der Waals surface area (Å²) in [6, 6.07) is 24.6. The Morgan fingerprint density at radius 2 is 0.622 bits per heavy atom. The molecule has 4 rings (SSSR count). The summed E-state index contributed by atoms with van der Waals surface area (Å²) in [5.41, 5.74) is -0.0832. The average Bonchev–Trinajstić information content (AvgIpc) is 2.90. The highest BCUT2D eigenvalue weighted by Crippen LogP contribution is 2.14. The molecule has 4 aromatic carbocycles. The molecule has 0 amide bonds. The van der Waals surface area contributed by atoms with Gasteiger partial charge in [-0.25, -0.2) is 19.2 Å². The molecule has 0 spiro atoms. The maximum absolute atomic E-state index is 11.9. The Bertz CT molecular complexity index is 1320. The fourth-order valence-corrected chi connectivity index (χ4v) is 9.41. The van der Waals surface area contributed by atoms with Gasteiger partial charge < -0.3 is 20.4 Å². The normalized spacial score (nSPS) is 11.0. The summed E-state index contributed by atoms with van der Waals surface area (Å²) in [5, 5.41) is 40.9. The Morgan fingerprint density at radius 1 is 0.405 bits per heavy atom. The number of carboxylic acids is 4. The highest BCUT2D eigenvalue weighted by Gasteiger charge is 2.43. The lowest BCUT2D eigenvalue weighted by atomic mass is 10.2. The van der Waals surface area contributed by atoms with Crippen molar-refractivity contribution in [1.29, 1.82) is 0 Å². The summed E-state index contributed by atoms with van der Waals surface area (Å²) in [6.45, 7) is 0. The zero-order valence-corrected chi connectivity index (χ0v) is 20.2. The minimum Gasteiger partial charge on any atom is -0.478 e. The molecule has 4 N–H and O–H groups in total. The van der Waals surface area contributed by atoms with Gasteiger partial charge in [-0.1, -0.05) is 48.5 Å². The number of carboxylic acid groups (broad SMARTS) is 4. The molecule has 0 aliphatic carbocycles. The highest BCUT2D eigenvalue weighted by molar-refractivity contribution is 7.20. The van der Waals surface area contributed by atoms with Crippen molar-refractivity contribution in [2.75, 3.05) is 0 Å². The first kappa shape index (κ1) is 25.1. The van der Waals surface area contributed by atoms with E-state index in [2.05, 4.69) is 0 Å². The number of benzene rings is 4. The average molecular weight is 513 g/mol. The third-order valence-electron chi connectivity index (χ3n) is 6.17. The molecule has 9 heteroatoms. The van der Waals surface area contributed by atoms with Crippen LogP contribution in [-0.4, -0.2) is 52.4 Å². The van der Waals surface area contributed by atoms with Crippen molar-refractivity contribution < 1.29 is 39.6 Å². The van der Waals surface area contributed by atoms with Crippen LogP contribution in [0, 0.1) is 0 Å². The fraction of sp³-hybridized carbons (Fsp3) is 0. The van der Waals surface area contributed by atoms with Crippen molar-refractivity contribution in [3.8, 4) is 0 Å². The summed E-state index contributed by atoms with van der Waals surface area (Å²) in [4.78, 5) is 47.6. The predicted molar refractivity (Wildman–Crippen MR) is 138 cm³/mol. The first-order chi connectivity index (χ1) is 17.6. The van der Waals surface area contributed by atoms with Crippen molar-refractivity contribution >= 4 is 52.7 Å². The second kappa shape index (κ2) is 9.92. The maximum Gasteiger partial charge on any atom is 0.335 e. The molecule has 0 saturated heterocycles. The number of aromatic carboxylic acids is 4. The molecule has 0 aromatic heterocycles. The molecular weight excluding hydrogens is 492 g/mol. The van der Waals surface area contributed by atoms with Gasteiger partial charge in [0, 0.05) is 0 Å². The molecule has 0 fully saturated rings. The molecule has 0 unspecified atom stereocenters. The molecule has 184 valence electrons. The Kier molecular flexibility index (Phi) is 6.72. The van der Waals surface area contributed by atoms with Crippen molar-refractivity contribution in [3.05, 3.63) is 119 Å². The van der Waals surface area contributed by atoms with E-state index in [0.29, 0.717) is 20.7 Å². The molecule has 4 aromatic rings. The zero-order valence-electron chi connectivity index (χ0n) is 19.2. The Balaban J connectivity index is 2.24. The van der Waals surface area contributed by atoms with Gasteiger partial charge in [0.25, 0.3) is 0 Å². The van der Waals surface area contributed by atoms with Crippen LogP contribution in [0.15, 0.2) is 97.1 Å². The van der Waals surface area contributed by atoms with Gasteiger partial charge in [0.05, 0.1) is 22.3 Å². The lowest BCUT2D eigenvalue weighted by Gasteiger charge is -2.35. The van der Waals surface area contributed by atoms with E-state index in [1.54, 1.807) is 48.5 Å². The minimum absolute atomic E-state index is 0.0208. The standard InChI is InChI=1S/C28H20O8Si/c29-25(30)17-5-1-9-21(13-17)37(22-10-2-6-18(14-22)26(31)32,23-11-3-7-19(15-23)27(33)34)24-12-4-8-20(16-24)28(35)36/h1-16H,(H,29,30)(H,31,32)(H,33,34)(H,35,36). The van der Waals surface area contributed by atoms with E-state index in [4.69, 9.17) is 0 Å². The molecule has 0 saturated carbocycles. The van der Waals surface area contributed by atoms with Crippen LogP contribution in [0.1, 0.15) is 41.4 Å². The third-order valence-corrected chi connectivity index (χ3v) is 10.9. The van der Waals surface area contributed by atoms with Crippen LogP contribution in [-0.2, 0) is 0 Å². The van der Waals surface area contributed by atoms with E-state index < -0.39 is 32.0 Å². The molecule has 0 bridgehead atoms. The van der Waals surface area contributed by atoms with E-state index in [0.717, 1.165) is 0 Å². The quantitative estimate of drug-likeness (QED) is 0.206. The lowest BCUT2D eigenvalue weighted by molar-refractivity contribution is 0.0686. The Morgan fingerprint density at radius 3 is 0.811 bits per heavy atom. The molecule has 0 radical (unpaired) electrons. The topological polar surface area (TPSA) is 149 Å². The van der Waals surface area contributed by atoms with Crippen molar-refractivity contribution in [3.63, 3.8) is 0 Å². The zero-order chi connectivity index (χ0) is 26.7. The SMILES string of the molecule is O=C(O)c1cccc([Si](c2cccc(C(=O)O)c2)(c2cccc(C(=O)O)c2)c2cccc(C(=O)O)c2)c1. The molecule has 0 aliphatic heterocycles. The largest absolute Gasteiger partial charge is 0.478 e. The molecular formula is C28H20O8Si. The Labute approximate surface area is 211 Å². The first-order valence-electron chi connectivity index (χ1n) is 11.0. The van der Waals surface area contributed by atoms with Crippen LogP contribution in [0.2, 0.25) is 0 Å². The van der Waals surface area contributed by atoms with Crippen LogP contribution in [0.4, 0.5) is 0 Å². The summed E-state index contributed by atoms with van der Waals surface area (Å²) in [7, 11) is -3.66. The van der Waals surface area contributed by atoms with Gasteiger partial charge in [-0.2, -0.15) is 0 Å². The van der Waals surface area contributed by atoms with Crippen molar-refractivity contribution in [2.24, 2.45) is 0 Å². The summed E-state index contributed by atoms with van der Waals surface area (Å²) in [6.07, 6.45) is 0. The minimum atomic E-state index is -3.66. The summed E-state index contributed by atoms with van der Waals surface area (Å²) in [5.74, 6) is -4.71. The van der Waals surface area contributed by atoms with Gasteiger partial charge in [0.2, 0.25) is 0 Å². The number of rotatable bonds is 8. The smallest absolute Gasteiger partial charge is 0.335 e. The Hall–Kier alpha value is -5.02. The molecule has 0 atom stereocenters. The van der Waals surface area contributed by atoms with Gasteiger partial charge >= 0.3 is 23.9 Å². The van der Waals surface area contributed by atoms with Gasteiger partial charge in [0.1, 0.15) is 0 Å². The van der Waals surface area contributed by atoms with Crippen LogP contribution >= 0.6 is 0 Å². The van der Waals surface area contributed by atoms with E-state index in [-0.39, 0.29) is 22.3 Å². The molecule has 37 heavy (non-hydrogen) atoms. The van der Waals surface area contributed by atoms with E-state index in [1.165, 1.54) is 48.5 Å². The lowest BCUT2D eigenvalue weighted by Crippen LogP contribution is -2.75. The second-order valence-electron chi connectivity index (χ2n) is 8.29. The van der Waals surface area contributed by atoms with Gasteiger partial charge in [0.15, 0.2) is 8.07 Å². The van der Waals surface area contributed by atoms with Gasteiger partial charge in [-0.3, -0.25) is 0 Å². The number of carbonyl (C=O) groups is 4. The second-order valence-corrected chi connectivity index (χ2v) is 12.1. The molecule has 0 heterocycles. The van der Waals surface area contributed by atoms with Gasteiger partial charge in [-0.15, -0.1) is 0 Å². The summed E-state index contributed by atoms with van der Waals surface area (Å²) < 4.78 is 0. The summed E-state index contributed by atoms with van der Waals surface area (Å²) >= 11 is 0. The van der Waals surface area contributed by atoms with Crippen LogP contribution in [0.25, 0.3) is 0 Å². The van der Waals surface area contributed by atoms with E-state index >= 15 is 0 Å².